The summed E-state index contributed by atoms with van der Waals surface area (Å²) >= 11 is 0. The summed E-state index contributed by atoms with van der Waals surface area (Å²) in [7, 11) is 0. The van der Waals surface area contributed by atoms with Crippen LogP contribution in [0.4, 0.5) is 0 Å². The molecule has 0 radical (unpaired) electrons. The van der Waals surface area contributed by atoms with Crippen molar-refractivity contribution in [2.75, 3.05) is 19.7 Å². The highest BCUT2D eigenvalue weighted by Gasteiger charge is 2.05. The number of rotatable bonds is 8. The third-order valence-corrected chi connectivity index (χ3v) is 3.27. The molecule has 0 aliphatic carbocycles. The molecule has 0 saturated carbocycles. The smallest absolute Gasteiger partial charge is 0.191 e. The van der Waals surface area contributed by atoms with E-state index in [0.717, 1.165) is 43.4 Å². The van der Waals surface area contributed by atoms with Gasteiger partial charge in [-0.3, -0.25) is 0 Å². The molecule has 0 spiro atoms. The average Bonchev–Trinajstić information content (AvgIpc) is 2.46. The number of aliphatic imine (C=N–C) groups is 1. The predicted octanol–water partition coefficient (Wildman–Crippen LogP) is 4.11. The van der Waals surface area contributed by atoms with Gasteiger partial charge in [0.25, 0.3) is 0 Å². The van der Waals surface area contributed by atoms with E-state index >= 15 is 0 Å². The van der Waals surface area contributed by atoms with Gasteiger partial charge in [0.05, 0.1) is 13.2 Å². The fourth-order valence-corrected chi connectivity index (χ4v) is 2.00. The number of guanidine groups is 1. The zero-order chi connectivity index (χ0) is 16.4. The normalized spacial score (nSPS) is 10.0. The molecule has 4 nitrogen and oxygen atoms in total. The summed E-state index contributed by atoms with van der Waals surface area (Å²) in [6, 6.07) is 6.32. The molecule has 0 aliphatic heterocycles. The Hall–Kier alpha value is -0.980. The van der Waals surface area contributed by atoms with Crippen LogP contribution in [0.3, 0.4) is 0 Å². The highest BCUT2D eigenvalue weighted by molar-refractivity contribution is 14.0. The number of halogens is 1. The molecule has 0 fully saturated rings. The van der Waals surface area contributed by atoms with Gasteiger partial charge in [-0.25, -0.2) is 4.99 Å². The lowest BCUT2D eigenvalue weighted by Gasteiger charge is -2.13. The number of aryl methyl sites for hydroxylation is 1. The van der Waals surface area contributed by atoms with Gasteiger partial charge in [0.1, 0.15) is 5.75 Å². The van der Waals surface area contributed by atoms with E-state index < -0.39 is 0 Å². The number of benzene rings is 1. The van der Waals surface area contributed by atoms with Crippen LogP contribution >= 0.6 is 24.0 Å². The van der Waals surface area contributed by atoms with E-state index in [1.165, 1.54) is 5.56 Å². The number of hydrogen-bond acceptors (Lipinski definition) is 2. The first-order valence-electron chi connectivity index (χ1n) is 8.31. The lowest BCUT2D eigenvalue weighted by molar-refractivity contribution is 0.287. The van der Waals surface area contributed by atoms with Crippen molar-refractivity contribution in [3.05, 3.63) is 29.3 Å². The lowest BCUT2D eigenvalue weighted by atomic mass is 10.1. The van der Waals surface area contributed by atoms with Gasteiger partial charge in [-0.05, 0) is 44.7 Å². The zero-order valence-corrected chi connectivity index (χ0v) is 17.4. The van der Waals surface area contributed by atoms with Crippen molar-refractivity contribution < 1.29 is 4.74 Å². The second-order valence-corrected chi connectivity index (χ2v) is 5.87. The standard InChI is InChI=1S/C18H31N3O.HI/c1-6-19-18(20-7-2)21-13-16-9-8-15(5)12-17(16)22-11-10-14(3)4;/h8-9,12,14H,6-7,10-11,13H2,1-5H3,(H2,19,20,21);1H. The average molecular weight is 433 g/mol. The molecule has 0 aromatic heterocycles. The van der Waals surface area contributed by atoms with Crippen LogP contribution < -0.4 is 15.4 Å². The molecule has 0 amide bonds. The molecule has 0 bridgehead atoms. The van der Waals surface area contributed by atoms with Crippen molar-refractivity contribution in [1.82, 2.24) is 10.6 Å². The molecule has 1 aromatic carbocycles. The highest BCUT2D eigenvalue weighted by Crippen LogP contribution is 2.22. The first-order valence-corrected chi connectivity index (χ1v) is 8.31. The van der Waals surface area contributed by atoms with Crippen molar-refractivity contribution >= 4 is 29.9 Å². The Morgan fingerprint density at radius 2 is 1.83 bits per heavy atom. The van der Waals surface area contributed by atoms with Crippen LogP contribution in [-0.2, 0) is 6.54 Å². The van der Waals surface area contributed by atoms with Gasteiger partial charge in [0, 0.05) is 18.7 Å². The van der Waals surface area contributed by atoms with Crippen LogP contribution in [0, 0.1) is 12.8 Å². The molecule has 1 aromatic rings. The molecule has 2 N–H and O–H groups in total. The molecule has 5 heteroatoms. The molecule has 0 atom stereocenters. The number of nitrogens with zero attached hydrogens (tertiary/aromatic N) is 1. The van der Waals surface area contributed by atoms with Crippen molar-refractivity contribution in [2.45, 2.75) is 47.6 Å². The van der Waals surface area contributed by atoms with Crippen molar-refractivity contribution in [3.63, 3.8) is 0 Å². The summed E-state index contributed by atoms with van der Waals surface area (Å²) in [6.45, 7) is 13.7. The highest BCUT2D eigenvalue weighted by atomic mass is 127. The molecule has 1 rings (SSSR count). The second kappa shape index (κ2) is 12.4. The van der Waals surface area contributed by atoms with Crippen LogP contribution in [0.25, 0.3) is 0 Å². The maximum atomic E-state index is 5.97. The quantitative estimate of drug-likeness (QED) is 0.369. The van der Waals surface area contributed by atoms with E-state index in [1.54, 1.807) is 0 Å². The fraction of sp³-hybridized carbons (Fsp3) is 0.611. The van der Waals surface area contributed by atoms with Gasteiger partial charge in [-0.15, -0.1) is 24.0 Å². The Morgan fingerprint density at radius 1 is 1.17 bits per heavy atom. The van der Waals surface area contributed by atoms with E-state index in [-0.39, 0.29) is 24.0 Å². The van der Waals surface area contributed by atoms with Crippen molar-refractivity contribution in [3.8, 4) is 5.75 Å². The van der Waals surface area contributed by atoms with E-state index in [4.69, 9.17) is 4.74 Å². The van der Waals surface area contributed by atoms with Crippen LogP contribution in [0.5, 0.6) is 5.75 Å². The topological polar surface area (TPSA) is 45.7 Å². The van der Waals surface area contributed by atoms with Gasteiger partial charge >= 0.3 is 0 Å². The van der Waals surface area contributed by atoms with Crippen LogP contribution in [0.15, 0.2) is 23.2 Å². The van der Waals surface area contributed by atoms with Gasteiger partial charge in [-0.2, -0.15) is 0 Å². The predicted molar refractivity (Wildman–Crippen MR) is 110 cm³/mol. The number of hydrogen-bond donors (Lipinski definition) is 2. The Labute approximate surface area is 158 Å². The van der Waals surface area contributed by atoms with Gasteiger partial charge in [-0.1, -0.05) is 26.0 Å². The van der Waals surface area contributed by atoms with E-state index in [0.29, 0.717) is 12.5 Å². The second-order valence-electron chi connectivity index (χ2n) is 5.87. The van der Waals surface area contributed by atoms with Crippen molar-refractivity contribution in [2.24, 2.45) is 10.9 Å². The third-order valence-electron chi connectivity index (χ3n) is 3.27. The van der Waals surface area contributed by atoms with Crippen LogP contribution in [-0.4, -0.2) is 25.7 Å². The Bertz CT molecular complexity index is 467. The Balaban J connectivity index is 0.00000484. The Kier molecular flexibility index (Phi) is 11.9. The maximum Gasteiger partial charge on any atom is 0.191 e. The molecule has 23 heavy (non-hydrogen) atoms. The molecule has 0 heterocycles. The summed E-state index contributed by atoms with van der Waals surface area (Å²) in [6.07, 6.45) is 1.07. The fourth-order valence-electron chi connectivity index (χ4n) is 2.00. The van der Waals surface area contributed by atoms with E-state index in [2.05, 4.69) is 68.4 Å². The summed E-state index contributed by atoms with van der Waals surface area (Å²) < 4.78 is 5.97. The lowest BCUT2D eigenvalue weighted by Crippen LogP contribution is -2.36. The number of nitrogens with one attached hydrogen (secondary N) is 2. The largest absolute Gasteiger partial charge is 0.493 e. The minimum atomic E-state index is 0. The summed E-state index contributed by atoms with van der Waals surface area (Å²) in [4.78, 5) is 4.62. The van der Waals surface area contributed by atoms with Gasteiger partial charge in [0.2, 0.25) is 0 Å². The molecule has 0 saturated heterocycles. The summed E-state index contributed by atoms with van der Waals surface area (Å²) in [5.41, 5.74) is 2.34. The third kappa shape index (κ3) is 9.03. The molecular weight excluding hydrogens is 401 g/mol. The first kappa shape index (κ1) is 22.0. The van der Waals surface area contributed by atoms with Crippen LogP contribution in [0.1, 0.15) is 45.2 Å². The maximum absolute atomic E-state index is 5.97. The zero-order valence-electron chi connectivity index (χ0n) is 15.1. The first-order chi connectivity index (χ1) is 10.6. The molecule has 0 aliphatic rings. The molecule has 132 valence electrons. The summed E-state index contributed by atoms with van der Waals surface area (Å²) in [5.74, 6) is 2.45. The monoisotopic (exact) mass is 433 g/mol. The van der Waals surface area contributed by atoms with Crippen LogP contribution in [0.2, 0.25) is 0 Å². The molecule has 0 unspecified atom stereocenters. The SMILES string of the molecule is CCNC(=NCc1ccc(C)cc1OCCC(C)C)NCC.I. The Morgan fingerprint density at radius 3 is 2.39 bits per heavy atom. The minimum Gasteiger partial charge on any atom is -0.493 e. The van der Waals surface area contributed by atoms with Gasteiger partial charge in [0.15, 0.2) is 5.96 Å². The summed E-state index contributed by atoms with van der Waals surface area (Å²) in [5, 5.41) is 6.48. The van der Waals surface area contributed by atoms with Crippen molar-refractivity contribution in [1.29, 1.82) is 0 Å². The van der Waals surface area contributed by atoms with Gasteiger partial charge < -0.3 is 15.4 Å². The molecular formula is C18H32IN3O. The van der Waals surface area contributed by atoms with E-state index in [9.17, 15) is 0 Å². The number of ether oxygens (including phenoxy) is 1. The van der Waals surface area contributed by atoms with E-state index in [1.807, 2.05) is 0 Å². The minimum absolute atomic E-state index is 0.